The van der Waals surface area contributed by atoms with Crippen molar-refractivity contribution in [2.24, 2.45) is 0 Å². The molecule has 0 amide bonds. The number of nitrogens with one attached hydrogen (secondary N) is 2. The first-order valence-electron chi connectivity index (χ1n) is 7.09. The standard InChI is InChI=1S/C14H21N5O2/c1-4-6-15-12-17-13(16-8-11-5-7-20-9-11)19-14(18-12)21-10(2)3/h5,7,9-10H,4,6,8H2,1-3H3,(H2,15,16,17,18,19). The molecule has 2 N–H and O–H groups in total. The molecule has 7 nitrogen and oxygen atoms in total. The molecule has 21 heavy (non-hydrogen) atoms. The van der Waals surface area contributed by atoms with Gasteiger partial charge >= 0.3 is 6.01 Å². The summed E-state index contributed by atoms with van der Waals surface area (Å²) in [6, 6.07) is 2.20. The zero-order valence-corrected chi connectivity index (χ0v) is 12.6. The van der Waals surface area contributed by atoms with Crippen LogP contribution in [0.5, 0.6) is 6.01 Å². The first-order chi connectivity index (χ1) is 10.2. The molecular formula is C14H21N5O2. The summed E-state index contributed by atoms with van der Waals surface area (Å²) in [6.45, 7) is 7.32. The summed E-state index contributed by atoms with van der Waals surface area (Å²) in [5.74, 6) is 0.984. The fourth-order valence-electron chi connectivity index (χ4n) is 1.59. The Morgan fingerprint density at radius 3 is 2.57 bits per heavy atom. The molecule has 0 radical (unpaired) electrons. The van der Waals surface area contributed by atoms with Gasteiger partial charge in [-0.05, 0) is 26.3 Å². The molecule has 2 aromatic rings. The number of nitrogens with zero attached hydrogens (tertiary/aromatic N) is 3. The Morgan fingerprint density at radius 1 is 1.19 bits per heavy atom. The molecule has 0 aromatic carbocycles. The van der Waals surface area contributed by atoms with E-state index in [-0.39, 0.29) is 6.10 Å². The highest BCUT2D eigenvalue weighted by Crippen LogP contribution is 2.13. The van der Waals surface area contributed by atoms with Gasteiger partial charge < -0.3 is 19.8 Å². The number of ether oxygens (including phenoxy) is 1. The summed E-state index contributed by atoms with van der Waals surface area (Å²) >= 11 is 0. The van der Waals surface area contributed by atoms with Crippen molar-refractivity contribution in [1.82, 2.24) is 15.0 Å². The number of aromatic nitrogens is 3. The van der Waals surface area contributed by atoms with Gasteiger partial charge in [-0.15, -0.1) is 0 Å². The van der Waals surface area contributed by atoms with Gasteiger partial charge in [-0.1, -0.05) is 6.92 Å². The van der Waals surface area contributed by atoms with Crippen LogP contribution in [-0.2, 0) is 6.54 Å². The highest BCUT2D eigenvalue weighted by Gasteiger charge is 2.09. The lowest BCUT2D eigenvalue weighted by molar-refractivity contribution is 0.222. The van der Waals surface area contributed by atoms with E-state index in [1.165, 1.54) is 0 Å². The van der Waals surface area contributed by atoms with E-state index in [1.807, 2.05) is 19.9 Å². The third-order valence-corrected chi connectivity index (χ3v) is 2.52. The Balaban J connectivity index is 2.09. The molecule has 0 atom stereocenters. The Bertz CT molecular complexity index is 542. The summed E-state index contributed by atoms with van der Waals surface area (Å²) in [5.41, 5.74) is 1.02. The fourth-order valence-corrected chi connectivity index (χ4v) is 1.59. The monoisotopic (exact) mass is 291 g/mol. The van der Waals surface area contributed by atoms with E-state index >= 15 is 0 Å². The van der Waals surface area contributed by atoms with E-state index in [4.69, 9.17) is 9.15 Å². The van der Waals surface area contributed by atoms with Crippen molar-refractivity contribution in [3.05, 3.63) is 24.2 Å². The second-order valence-electron chi connectivity index (χ2n) is 4.84. The van der Waals surface area contributed by atoms with Gasteiger partial charge in [0.2, 0.25) is 11.9 Å². The van der Waals surface area contributed by atoms with Gasteiger partial charge in [-0.3, -0.25) is 0 Å². The van der Waals surface area contributed by atoms with E-state index in [9.17, 15) is 0 Å². The summed E-state index contributed by atoms with van der Waals surface area (Å²) in [4.78, 5) is 12.8. The lowest BCUT2D eigenvalue weighted by Crippen LogP contribution is -2.14. The summed E-state index contributed by atoms with van der Waals surface area (Å²) < 4.78 is 10.6. The molecule has 0 saturated heterocycles. The molecule has 0 aliphatic carbocycles. The maximum absolute atomic E-state index is 5.55. The van der Waals surface area contributed by atoms with Crippen LogP contribution in [0.25, 0.3) is 0 Å². The maximum atomic E-state index is 5.55. The van der Waals surface area contributed by atoms with Gasteiger partial charge in [0.1, 0.15) is 0 Å². The Morgan fingerprint density at radius 2 is 1.95 bits per heavy atom. The van der Waals surface area contributed by atoms with E-state index in [0.29, 0.717) is 24.5 Å². The van der Waals surface area contributed by atoms with Crippen LogP contribution in [-0.4, -0.2) is 27.6 Å². The van der Waals surface area contributed by atoms with E-state index in [1.54, 1.807) is 12.5 Å². The van der Waals surface area contributed by atoms with Crippen LogP contribution in [0.1, 0.15) is 32.8 Å². The topological polar surface area (TPSA) is 85.1 Å². The predicted molar refractivity (Wildman–Crippen MR) is 80.4 cm³/mol. The molecule has 0 bridgehead atoms. The molecule has 0 aliphatic heterocycles. The first-order valence-corrected chi connectivity index (χ1v) is 7.09. The lowest BCUT2D eigenvalue weighted by atomic mass is 10.3. The highest BCUT2D eigenvalue weighted by molar-refractivity contribution is 5.36. The number of hydrogen-bond acceptors (Lipinski definition) is 7. The van der Waals surface area contributed by atoms with E-state index in [0.717, 1.165) is 18.5 Å². The van der Waals surface area contributed by atoms with Crippen LogP contribution >= 0.6 is 0 Å². The molecule has 7 heteroatoms. The summed E-state index contributed by atoms with van der Waals surface area (Å²) in [5, 5.41) is 6.28. The van der Waals surface area contributed by atoms with Gasteiger partial charge in [0.05, 0.1) is 18.6 Å². The predicted octanol–water partition coefficient (Wildman–Crippen LogP) is 2.69. The molecule has 2 aromatic heterocycles. The van der Waals surface area contributed by atoms with Gasteiger partial charge in [-0.25, -0.2) is 0 Å². The van der Waals surface area contributed by atoms with Crippen LogP contribution in [0.2, 0.25) is 0 Å². The molecule has 0 saturated carbocycles. The van der Waals surface area contributed by atoms with Crippen molar-refractivity contribution in [3.63, 3.8) is 0 Å². The molecule has 0 spiro atoms. The van der Waals surface area contributed by atoms with Gasteiger partial charge in [0.15, 0.2) is 0 Å². The van der Waals surface area contributed by atoms with Crippen molar-refractivity contribution in [1.29, 1.82) is 0 Å². The lowest BCUT2D eigenvalue weighted by Gasteiger charge is -2.11. The quantitative estimate of drug-likeness (QED) is 0.773. The normalized spacial score (nSPS) is 10.7. The Hall–Kier alpha value is -2.31. The highest BCUT2D eigenvalue weighted by atomic mass is 16.5. The van der Waals surface area contributed by atoms with Gasteiger partial charge in [0.25, 0.3) is 0 Å². The van der Waals surface area contributed by atoms with Crippen LogP contribution in [0.4, 0.5) is 11.9 Å². The third kappa shape index (κ3) is 4.94. The second kappa shape index (κ2) is 7.47. The molecule has 2 rings (SSSR count). The van der Waals surface area contributed by atoms with Crippen molar-refractivity contribution in [3.8, 4) is 6.01 Å². The molecule has 2 heterocycles. The zero-order valence-electron chi connectivity index (χ0n) is 12.6. The van der Waals surface area contributed by atoms with Crippen molar-refractivity contribution < 1.29 is 9.15 Å². The van der Waals surface area contributed by atoms with Crippen LogP contribution in [0.3, 0.4) is 0 Å². The smallest absolute Gasteiger partial charge is 0.323 e. The van der Waals surface area contributed by atoms with Crippen molar-refractivity contribution in [2.75, 3.05) is 17.2 Å². The number of rotatable bonds is 8. The minimum absolute atomic E-state index is 0.00755. The Labute approximate surface area is 124 Å². The fraction of sp³-hybridized carbons (Fsp3) is 0.500. The van der Waals surface area contributed by atoms with Crippen molar-refractivity contribution in [2.45, 2.75) is 39.8 Å². The molecule has 0 unspecified atom stereocenters. The number of furan rings is 1. The minimum Gasteiger partial charge on any atom is -0.472 e. The molecular weight excluding hydrogens is 270 g/mol. The first kappa shape index (κ1) is 15.1. The second-order valence-corrected chi connectivity index (χ2v) is 4.84. The number of anilines is 2. The maximum Gasteiger partial charge on any atom is 0.323 e. The average Bonchev–Trinajstić information content (AvgIpc) is 2.95. The van der Waals surface area contributed by atoms with Gasteiger partial charge in [-0.2, -0.15) is 15.0 Å². The molecule has 0 fully saturated rings. The average molecular weight is 291 g/mol. The summed E-state index contributed by atoms with van der Waals surface area (Å²) in [6.07, 6.45) is 4.30. The van der Waals surface area contributed by atoms with Crippen LogP contribution in [0.15, 0.2) is 23.0 Å². The summed E-state index contributed by atoms with van der Waals surface area (Å²) in [7, 11) is 0. The largest absolute Gasteiger partial charge is 0.472 e. The minimum atomic E-state index is 0.00755. The SMILES string of the molecule is CCCNc1nc(NCc2ccoc2)nc(OC(C)C)n1. The Kier molecular flexibility index (Phi) is 5.36. The third-order valence-electron chi connectivity index (χ3n) is 2.52. The molecule has 114 valence electrons. The number of hydrogen-bond donors (Lipinski definition) is 2. The molecule has 0 aliphatic rings. The van der Waals surface area contributed by atoms with Crippen LogP contribution in [0, 0.1) is 0 Å². The van der Waals surface area contributed by atoms with Gasteiger partial charge in [0, 0.05) is 18.7 Å². The zero-order chi connectivity index (χ0) is 15.1. The van der Waals surface area contributed by atoms with Crippen LogP contribution < -0.4 is 15.4 Å². The van der Waals surface area contributed by atoms with Crippen molar-refractivity contribution >= 4 is 11.9 Å². The van der Waals surface area contributed by atoms with E-state index in [2.05, 4.69) is 32.5 Å². The van der Waals surface area contributed by atoms with E-state index < -0.39 is 0 Å².